The molecule has 1 fully saturated rings. The van der Waals surface area contributed by atoms with Crippen molar-refractivity contribution in [1.82, 2.24) is 5.32 Å². The van der Waals surface area contributed by atoms with E-state index >= 15 is 0 Å². The van der Waals surface area contributed by atoms with Crippen LogP contribution in [0.4, 0.5) is 0 Å². The molecule has 3 unspecified atom stereocenters. The number of nitrogens with two attached hydrogens (primary N) is 1. The lowest BCUT2D eigenvalue weighted by Gasteiger charge is -2.15. The van der Waals surface area contributed by atoms with Crippen LogP contribution in [0.2, 0.25) is 0 Å². The van der Waals surface area contributed by atoms with Crippen molar-refractivity contribution in [3.8, 4) is 0 Å². The molecule has 2 aromatic rings. The highest BCUT2D eigenvalue weighted by Gasteiger charge is 2.44. The van der Waals surface area contributed by atoms with Gasteiger partial charge in [-0.3, -0.25) is 9.59 Å². The summed E-state index contributed by atoms with van der Waals surface area (Å²) in [6.45, 7) is 0. The van der Waals surface area contributed by atoms with Crippen molar-refractivity contribution in [2.24, 2.45) is 11.7 Å². The first kappa shape index (κ1) is 16.7. The largest absolute Gasteiger partial charge is 0.368 e. The third-order valence-corrected chi connectivity index (χ3v) is 4.84. The Labute approximate surface area is 149 Å². The van der Waals surface area contributed by atoms with Crippen molar-refractivity contribution in [2.45, 2.75) is 24.8 Å². The summed E-state index contributed by atoms with van der Waals surface area (Å²) < 4.78 is 1.00. The second-order valence-electron chi connectivity index (χ2n) is 6.16. The Morgan fingerprint density at radius 3 is 2.58 bits per heavy atom. The number of halogens is 1. The van der Waals surface area contributed by atoms with Crippen molar-refractivity contribution in [1.29, 1.82) is 0 Å². The standard InChI is InChI=1S/C19H19BrN2O2/c20-14-8-4-7-13(10-14)15-11-16(15)19(24)22-17(18(21)23)9-12-5-2-1-3-6-12/h1-8,10,15-17H,9,11H2,(H2,21,23)(H,22,24). The Balaban J connectivity index is 1.62. The summed E-state index contributed by atoms with van der Waals surface area (Å²) in [5, 5.41) is 2.82. The van der Waals surface area contributed by atoms with Crippen molar-refractivity contribution in [3.63, 3.8) is 0 Å². The quantitative estimate of drug-likeness (QED) is 0.800. The van der Waals surface area contributed by atoms with Crippen molar-refractivity contribution >= 4 is 27.7 Å². The fraction of sp³-hybridized carbons (Fsp3) is 0.263. The molecule has 0 saturated heterocycles. The summed E-state index contributed by atoms with van der Waals surface area (Å²) in [4.78, 5) is 24.1. The zero-order valence-electron chi connectivity index (χ0n) is 13.1. The Morgan fingerprint density at radius 2 is 1.92 bits per heavy atom. The highest BCUT2D eigenvalue weighted by molar-refractivity contribution is 9.10. The van der Waals surface area contributed by atoms with Crippen LogP contribution < -0.4 is 11.1 Å². The van der Waals surface area contributed by atoms with Gasteiger partial charge >= 0.3 is 0 Å². The number of primary amides is 1. The van der Waals surface area contributed by atoms with Crippen LogP contribution in [0.3, 0.4) is 0 Å². The van der Waals surface area contributed by atoms with E-state index in [9.17, 15) is 9.59 Å². The Bertz CT molecular complexity index is 748. The molecule has 3 atom stereocenters. The van der Waals surface area contributed by atoms with E-state index in [0.29, 0.717) is 6.42 Å². The SMILES string of the molecule is NC(=O)C(Cc1ccccc1)NC(=O)C1CC1c1cccc(Br)c1. The fourth-order valence-electron chi connectivity index (χ4n) is 2.94. The van der Waals surface area contributed by atoms with Gasteiger partial charge in [0.05, 0.1) is 0 Å². The van der Waals surface area contributed by atoms with E-state index in [4.69, 9.17) is 5.73 Å². The summed E-state index contributed by atoms with van der Waals surface area (Å²) in [7, 11) is 0. The lowest BCUT2D eigenvalue weighted by atomic mass is 10.0. The molecule has 5 heteroatoms. The fourth-order valence-corrected chi connectivity index (χ4v) is 3.36. The first-order valence-electron chi connectivity index (χ1n) is 7.93. The molecule has 0 heterocycles. The van der Waals surface area contributed by atoms with Gasteiger partial charge in [-0.05, 0) is 35.6 Å². The van der Waals surface area contributed by atoms with Crippen LogP contribution in [-0.2, 0) is 16.0 Å². The minimum Gasteiger partial charge on any atom is -0.368 e. The van der Waals surface area contributed by atoms with Gasteiger partial charge in [0.2, 0.25) is 11.8 Å². The van der Waals surface area contributed by atoms with E-state index < -0.39 is 11.9 Å². The van der Waals surface area contributed by atoms with Gasteiger partial charge in [-0.25, -0.2) is 0 Å². The minimum atomic E-state index is -0.677. The zero-order chi connectivity index (χ0) is 17.1. The summed E-state index contributed by atoms with van der Waals surface area (Å²) >= 11 is 3.45. The number of carbonyl (C=O) groups is 2. The van der Waals surface area contributed by atoms with Crippen LogP contribution in [0.25, 0.3) is 0 Å². The third kappa shape index (κ3) is 4.03. The number of hydrogen-bond donors (Lipinski definition) is 2. The van der Waals surface area contributed by atoms with Gasteiger partial charge in [-0.2, -0.15) is 0 Å². The van der Waals surface area contributed by atoms with E-state index in [2.05, 4.69) is 21.2 Å². The summed E-state index contributed by atoms with van der Waals surface area (Å²) in [5.41, 5.74) is 7.57. The molecular formula is C19H19BrN2O2. The molecule has 0 spiro atoms. The highest BCUT2D eigenvalue weighted by atomic mass is 79.9. The molecule has 0 bridgehead atoms. The van der Waals surface area contributed by atoms with Gasteiger partial charge in [0.25, 0.3) is 0 Å². The maximum Gasteiger partial charge on any atom is 0.240 e. The number of carbonyl (C=O) groups excluding carboxylic acids is 2. The summed E-state index contributed by atoms with van der Waals surface area (Å²) in [6, 6.07) is 16.9. The normalized spacial score (nSPS) is 20.2. The van der Waals surface area contributed by atoms with Crippen LogP contribution in [0, 0.1) is 5.92 Å². The minimum absolute atomic E-state index is 0.0862. The maximum atomic E-state index is 12.4. The lowest BCUT2D eigenvalue weighted by Crippen LogP contribution is -2.46. The highest BCUT2D eigenvalue weighted by Crippen LogP contribution is 2.48. The summed E-state index contributed by atoms with van der Waals surface area (Å²) in [5.74, 6) is -0.476. The number of nitrogens with one attached hydrogen (secondary N) is 1. The van der Waals surface area contributed by atoms with Gasteiger partial charge in [0.15, 0.2) is 0 Å². The molecule has 3 N–H and O–H groups in total. The number of hydrogen-bond acceptors (Lipinski definition) is 2. The van der Waals surface area contributed by atoms with Gasteiger partial charge in [-0.1, -0.05) is 58.4 Å². The molecule has 1 aliphatic rings. The molecule has 0 aromatic heterocycles. The molecule has 2 amide bonds. The molecule has 2 aromatic carbocycles. The van der Waals surface area contributed by atoms with Gasteiger partial charge in [-0.15, -0.1) is 0 Å². The monoisotopic (exact) mass is 386 g/mol. The van der Waals surface area contributed by atoms with E-state index in [1.165, 1.54) is 0 Å². The molecule has 0 aliphatic heterocycles. The Hall–Kier alpha value is -2.14. The van der Waals surface area contributed by atoms with Gasteiger partial charge < -0.3 is 11.1 Å². The van der Waals surface area contributed by atoms with E-state index in [1.54, 1.807) is 0 Å². The van der Waals surface area contributed by atoms with Crippen LogP contribution >= 0.6 is 15.9 Å². The van der Waals surface area contributed by atoms with Gasteiger partial charge in [0, 0.05) is 16.8 Å². The predicted molar refractivity (Wildman–Crippen MR) is 96.3 cm³/mol. The van der Waals surface area contributed by atoms with Crippen LogP contribution in [0.1, 0.15) is 23.5 Å². The maximum absolute atomic E-state index is 12.4. The number of amides is 2. The van der Waals surface area contributed by atoms with E-state index in [1.807, 2.05) is 54.6 Å². The molecule has 24 heavy (non-hydrogen) atoms. The zero-order valence-corrected chi connectivity index (χ0v) is 14.7. The van der Waals surface area contributed by atoms with Crippen LogP contribution in [0.15, 0.2) is 59.1 Å². The molecule has 4 nitrogen and oxygen atoms in total. The average molecular weight is 387 g/mol. The van der Waals surface area contributed by atoms with E-state index in [-0.39, 0.29) is 17.7 Å². The predicted octanol–water partition coefficient (Wildman–Crippen LogP) is 2.77. The van der Waals surface area contributed by atoms with Crippen LogP contribution in [0.5, 0.6) is 0 Å². The van der Waals surface area contributed by atoms with Crippen molar-refractivity contribution < 1.29 is 9.59 Å². The average Bonchev–Trinajstić information content (AvgIpc) is 3.36. The number of rotatable bonds is 6. The third-order valence-electron chi connectivity index (χ3n) is 4.35. The van der Waals surface area contributed by atoms with Crippen LogP contribution in [-0.4, -0.2) is 17.9 Å². The van der Waals surface area contributed by atoms with Crippen molar-refractivity contribution in [2.75, 3.05) is 0 Å². The Morgan fingerprint density at radius 1 is 1.17 bits per heavy atom. The molecule has 0 radical (unpaired) electrons. The van der Waals surface area contributed by atoms with Crippen molar-refractivity contribution in [3.05, 3.63) is 70.2 Å². The second kappa shape index (κ2) is 7.18. The Kier molecular flexibility index (Phi) is 5.00. The molecular weight excluding hydrogens is 368 g/mol. The topological polar surface area (TPSA) is 72.2 Å². The summed E-state index contributed by atoms with van der Waals surface area (Å²) in [6.07, 6.45) is 1.22. The second-order valence-corrected chi connectivity index (χ2v) is 7.07. The molecule has 1 aliphatic carbocycles. The van der Waals surface area contributed by atoms with E-state index in [0.717, 1.165) is 22.0 Å². The molecule has 3 rings (SSSR count). The molecule has 124 valence electrons. The first-order valence-corrected chi connectivity index (χ1v) is 8.73. The first-order chi connectivity index (χ1) is 11.5. The smallest absolute Gasteiger partial charge is 0.240 e. The number of benzene rings is 2. The molecule has 1 saturated carbocycles. The van der Waals surface area contributed by atoms with Gasteiger partial charge in [0.1, 0.15) is 6.04 Å². The lowest BCUT2D eigenvalue weighted by molar-refractivity contribution is -0.128.